The molecule has 1 aliphatic carbocycles. The number of benzene rings is 1. The van der Waals surface area contributed by atoms with Gasteiger partial charge in [0.1, 0.15) is 0 Å². The first-order valence-electron chi connectivity index (χ1n) is 7.98. The molecule has 1 saturated carbocycles. The molecule has 0 radical (unpaired) electrons. The molecule has 7 heteroatoms. The Morgan fingerprint density at radius 3 is 2.46 bits per heavy atom. The molecule has 1 aromatic carbocycles. The van der Waals surface area contributed by atoms with Gasteiger partial charge in [-0.25, -0.2) is 0 Å². The molecule has 136 valence electrons. The third kappa shape index (κ3) is 4.42. The van der Waals surface area contributed by atoms with Crippen molar-refractivity contribution in [1.29, 1.82) is 0 Å². The van der Waals surface area contributed by atoms with Gasteiger partial charge in [-0.15, -0.1) is 12.4 Å². The summed E-state index contributed by atoms with van der Waals surface area (Å²) in [5.74, 6) is -0.213. The number of carbonyl (C=O) groups excluding carboxylic acids is 1. The van der Waals surface area contributed by atoms with E-state index in [1.807, 2.05) is 0 Å². The van der Waals surface area contributed by atoms with Crippen molar-refractivity contribution in [2.45, 2.75) is 56.7 Å². The molecule has 0 bridgehead atoms. The highest BCUT2D eigenvalue weighted by Gasteiger charge is 2.42. The minimum atomic E-state index is -4.41. The van der Waals surface area contributed by atoms with Gasteiger partial charge in [-0.05, 0) is 31.4 Å². The molecule has 0 aromatic heterocycles. The Kier molecular flexibility index (Phi) is 7.10. The summed E-state index contributed by atoms with van der Waals surface area (Å²) in [5, 5.41) is 2.85. The topological polar surface area (TPSA) is 55.1 Å². The lowest BCUT2D eigenvalue weighted by Gasteiger charge is -2.37. The average Bonchev–Trinajstić information content (AvgIpc) is 2.54. The molecule has 0 spiro atoms. The van der Waals surface area contributed by atoms with E-state index in [1.165, 1.54) is 6.07 Å². The van der Waals surface area contributed by atoms with Gasteiger partial charge in [0.15, 0.2) is 0 Å². The Labute approximate surface area is 146 Å². The Morgan fingerprint density at radius 1 is 1.29 bits per heavy atom. The second kappa shape index (κ2) is 8.21. The summed E-state index contributed by atoms with van der Waals surface area (Å²) in [6.45, 7) is 2.09. The largest absolute Gasteiger partial charge is 0.416 e. The van der Waals surface area contributed by atoms with E-state index in [9.17, 15) is 18.0 Å². The molecule has 3 nitrogen and oxygen atoms in total. The van der Waals surface area contributed by atoms with Crippen molar-refractivity contribution < 1.29 is 18.0 Å². The fraction of sp³-hybridized carbons (Fsp3) is 0.588. The van der Waals surface area contributed by atoms with Crippen LogP contribution in [-0.4, -0.2) is 18.5 Å². The molecule has 24 heavy (non-hydrogen) atoms. The van der Waals surface area contributed by atoms with Crippen LogP contribution >= 0.6 is 12.4 Å². The maximum Gasteiger partial charge on any atom is 0.416 e. The van der Waals surface area contributed by atoms with Gasteiger partial charge >= 0.3 is 6.18 Å². The molecule has 0 saturated heterocycles. The van der Waals surface area contributed by atoms with E-state index < -0.39 is 17.2 Å². The predicted octanol–water partition coefficient (Wildman–Crippen LogP) is 3.79. The monoisotopic (exact) mass is 364 g/mol. The van der Waals surface area contributed by atoms with Gasteiger partial charge in [0.25, 0.3) is 0 Å². The highest BCUT2D eigenvalue weighted by Crippen LogP contribution is 2.41. The number of halogens is 4. The highest BCUT2D eigenvalue weighted by atomic mass is 35.5. The van der Waals surface area contributed by atoms with E-state index in [-0.39, 0.29) is 24.4 Å². The van der Waals surface area contributed by atoms with Crippen LogP contribution in [0.15, 0.2) is 24.3 Å². The van der Waals surface area contributed by atoms with Crippen LogP contribution in [0.3, 0.4) is 0 Å². The van der Waals surface area contributed by atoms with E-state index in [0.29, 0.717) is 24.9 Å². The zero-order valence-electron chi connectivity index (χ0n) is 13.7. The number of rotatable bonds is 4. The molecular weight excluding hydrogens is 341 g/mol. The van der Waals surface area contributed by atoms with Gasteiger partial charge in [-0.1, -0.05) is 37.5 Å². The molecule has 0 unspecified atom stereocenters. The maximum absolute atomic E-state index is 13.0. The molecule has 0 heterocycles. The molecule has 3 N–H and O–H groups in total. The molecular formula is C17H24ClF3N2O. The zero-order chi connectivity index (χ0) is 17.1. The summed E-state index contributed by atoms with van der Waals surface area (Å²) < 4.78 is 39.0. The molecule has 0 aliphatic heterocycles. The molecule has 2 rings (SSSR count). The maximum atomic E-state index is 13.0. The van der Waals surface area contributed by atoms with Crippen molar-refractivity contribution in [2.75, 3.05) is 6.54 Å². The van der Waals surface area contributed by atoms with Gasteiger partial charge in [0, 0.05) is 12.6 Å². The summed E-state index contributed by atoms with van der Waals surface area (Å²) in [4.78, 5) is 12.8. The summed E-state index contributed by atoms with van der Waals surface area (Å²) in [7, 11) is 0. The number of carbonyl (C=O) groups is 1. The third-order valence-electron chi connectivity index (χ3n) is 4.62. The first kappa shape index (κ1) is 20.8. The SMILES string of the molecule is C[C@@H](CN)NC(=O)C1(c2cccc(C(F)(F)F)c2)CCCCC1.Cl. The van der Waals surface area contributed by atoms with Crippen LogP contribution in [0.1, 0.15) is 50.2 Å². The second-order valence-electron chi connectivity index (χ2n) is 6.33. The van der Waals surface area contributed by atoms with Crippen LogP contribution in [-0.2, 0) is 16.4 Å². The quantitative estimate of drug-likeness (QED) is 0.854. The average molecular weight is 365 g/mol. The number of amides is 1. The minimum absolute atomic E-state index is 0. The summed E-state index contributed by atoms with van der Waals surface area (Å²) in [5.41, 5.74) is 4.41. The number of alkyl halides is 3. The van der Waals surface area contributed by atoms with Crippen LogP contribution < -0.4 is 11.1 Å². The van der Waals surface area contributed by atoms with Gasteiger partial charge in [-0.3, -0.25) is 4.79 Å². The Hall–Kier alpha value is -1.27. The summed E-state index contributed by atoms with van der Waals surface area (Å²) in [6, 6.07) is 4.98. The van der Waals surface area contributed by atoms with Crippen molar-refractivity contribution >= 4 is 18.3 Å². The van der Waals surface area contributed by atoms with E-state index in [1.54, 1.807) is 13.0 Å². The normalized spacial score (nSPS) is 18.4. The summed E-state index contributed by atoms with van der Waals surface area (Å²) in [6.07, 6.45) is -0.608. The minimum Gasteiger partial charge on any atom is -0.352 e. The molecule has 1 aliphatic rings. The number of nitrogens with one attached hydrogen (secondary N) is 1. The van der Waals surface area contributed by atoms with Crippen molar-refractivity contribution in [2.24, 2.45) is 5.73 Å². The van der Waals surface area contributed by atoms with Crippen molar-refractivity contribution in [1.82, 2.24) is 5.32 Å². The second-order valence-corrected chi connectivity index (χ2v) is 6.33. The lowest BCUT2D eigenvalue weighted by molar-refractivity contribution is -0.138. The van der Waals surface area contributed by atoms with E-state index in [0.717, 1.165) is 31.4 Å². The van der Waals surface area contributed by atoms with Crippen LogP contribution in [0.25, 0.3) is 0 Å². The van der Waals surface area contributed by atoms with E-state index in [4.69, 9.17) is 5.73 Å². The van der Waals surface area contributed by atoms with Crippen molar-refractivity contribution in [3.63, 3.8) is 0 Å². The molecule has 1 atom stereocenters. The van der Waals surface area contributed by atoms with E-state index in [2.05, 4.69) is 5.32 Å². The highest BCUT2D eigenvalue weighted by molar-refractivity contribution is 5.88. The van der Waals surface area contributed by atoms with Crippen LogP contribution in [0.2, 0.25) is 0 Å². The zero-order valence-corrected chi connectivity index (χ0v) is 14.5. The Morgan fingerprint density at radius 2 is 1.92 bits per heavy atom. The van der Waals surface area contributed by atoms with Gasteiger partial charge in [-0.2, -0.15) is 13.2 Å². The third-order valence-corrected chi connectivity index (χ3v) is 4.62. The first-order valence-corrected chi connectivity index (χ1v) is 7.98. The Bertz CT molecular complexity index is 557. The lowest BCUT2D eigenvalue weighted by atomic mass is 9.68. The van der Waals surface area contributed by atoms with Crippen LogP contribution in [0, 0.1) is 0 Å². The smallest absolute Gasteiger partial charge is 0.352 e. The van der Waals surface area contributed by atoms with Gasteiger partial charge < -0.3 is 11.1 Å². The number of nitrogens with two attached hydrogens (primary N) is 1. The number of hydrogen-bond donors (Lipinski definition) is 2. The van der Waals surface area contributed by atoms with Crippen molar-refractivity contribution in [3.8, 4) is 0 Å². The fourth-order valence-corrected chi connectivity index (χ4v) is 3.22. The van der Waals surface area contributed by atoms with Crippen LogP contribution in [0.4, 0.5) is 13.2 Å². The molecule has 1 aromatic rings. The van der Waals surface area contributed by atoms with Crippen LogP contribution in [0.5, 0.6) is 0 Å². The van der Waals surface area contributed by atoms with E-state index >= 15 is 0 Å². The predicted molar refractivity (Wildman–Crippen MR) is 90.1 cm³/mol. The molecule has 1 amide bonds. The first-order chi connectivity index (χ1) is 10.8. The van der Waals surface area contributed by atoms with Gasteiger partial charge in [0.2, 0.25) is 5.91 Å². The lowest BCUT2D eigenvalue weighted by Crippen LogP contribution is -2.50. The van der Waals surface area contributed by atoms with Crippen molar-refractivity contribution in [3.05, 3.63) is 35.4 Å². The van der Waals surface area contributed by atoms with Gasteiger partial charge in [0.05, 0.1) is 11.0 Å². The molecule has 1 fully saturated rings. The Balaban J connectivity index is 0.00000288. The number of hydrogen-bond acceptors (Lipinski definition) is 2. The standard InChI is InChI=1S/C17H23F3N2O.ClH/c1-12(11-21)22-15(23)16(8-3-2-4-9-16)13-6-5-7-14(10-13)17(18,19)20;/h5-7,10,12H,2-4,8-9,11,21H2,1H3,(H,22,23);1H/t12-;/m0./s1. The fourth-order valence-electron chi connectivity index (χ4n) is 3.22. The summed E-state index contributed by atoms with van der Waals surface area (Å²) >= 11 is 0.